The lowest BCUT2D eigenvalue weighted by atomic mass is 10.2. The maximum atomic E-state index is 12.2. The van der Waals surface area contributed by atoms with Crippen LogP contribution in [0.3, 0.4) is 0 Å². The van der Waals surface area contributed by atoms with Crippen molar-refractivity contribution >= 4 is 22.8 Å². The highest BCUT2D eigenvalue weighted by Gasteiger charge is 2.10. The molecule has 0 aliphatic carbocycles. The van der Waals surface area contributed by atoms with Gasteiger partial charge in [0.2, 0.25) is 5.91 Å². The van der Waals surface area contributed by atoms with Gasteiger partial charge in [-0.25, -0.2) is 9.97 Å². The molecule has 3 aromatic rings. The molecule has 0 spiro atoms. The van der Waals surface area contributed by atoms with Gasteiger partial charge < -0.3 is 15.4 Å². The van der Waals surface area contributed by atoms with E-state index < -0.39 is 0 Å². The Hall–Kier alpha value is -3.48. The van der Waals surface area contributed by atoms with Gasteiger partial charge in [-0.05, 0) is 57.2 Å². The molecule has 0 aliphatic heterocycles. The second-order valence-electron chi connectivity index (χ2n) is 7.22. The van der Waals surface area contributed by atoms with Crippen LogP contribution in [0.1, 0.15) is 35.6 Å². The lowest BCUT2D eigenvalue weighted by molar-refractivity contribution is -0.120. The van der Waals surface area contributed by atoms with Gasteiger partial charge in [0.05, 0.1) is 35.1 Å². The van der Waals surface area contributed by atoms with Crippen LogP contribution in [0.25, 0.3) is 11.0 Å². The molecule has 2 amide bonds. The molecule has 1 heterocycles. The number of aryl methyl sites for hydroxylation is 1. The van der Waals surface area contributed by atoms with Crippen LogP contribution in [0.15, 0.2) is 48.5 Å². The normalized spacial score (nSPS) is 10.8. The van der Waals surface area contributed by atoms with E-state index in [0.29, 0.717) is 24.3 Å². The number of rotatable bonds is 8. The molecule has 0 atom stereocenters. The van der Waals surface area contributed by atoms with E-state index >= 15 is 0 Å². The number of ether oxygens (including phenoxy) is 1. The molecule has 0 aliphatic rings. The van der Waals surface area contributed by atoms with E-state index in [9.17, 15) is 9.59 Å². The Kier molecular flexibility index (Phi) is 6.95. The summed E-state index contributed by atoms with van der Waals surface area (Å²) in [5.41, 5.74) is 3.86. The average molecular weight is 406 g/mol. The number of nitrogens with one attached hydrogen (secondary N) is 2. The van der Waals surface area contributed by atoms with Gasteiger partial charge in [0.25, 0.3) is 5.91 Å². The minimum Gasteiger partial charge on any atom is -0.491 e. The highest BCUT2D eigenvalue weighted by atomic mass is 16.5. The highest BCUT2D eigenvalue weighted by molar-refractivity contribution is 5.96. The SMILES string of the molecule is Cc1nc2ccccc2nc1CCNC(=O)CNC(=O)c1ccc(OC(C)C)cc1. The first-order chi connectivity index (χ1) is 14.4. The van der Waals surface area contributed by atoms with E-state index in [-0.39, 0.29) is 24.5 Å². The predicted octanol–water partition coefficient (Wildman–Crippen LogP) is 2.81. The lowest BCUT2D eigenvalue weighted by Gasteiger charge is -2.10. The van der Waals surface area contributed by atoms with Gasteiger partial charge in [0.1, 0.15) is 5.75 Å². The number of fused-ring (bicyclic) bond motifs is 1. The third-order valence-corrected chi connectivity index (χ3v) is 4.42. The summed E-state index contributed by atoms with van der Waals surface area (Å²) in [5.74, 6) is 0.137. The maximum Gasteiger partial charge on any atom is 0.251 e. The second kappa shape index (κ2) is 9.82. The van der Waals surface area contributed by atoms with E-state index in [1.165, 1.54) is 0 Å². The summed E-state index contributed by atoms with van der Waals surface area (Å²) in [6, 6.07) is 14.5. The predicted molar refractivity (Wildman–Crippen MR) is 116 cm³/mol. The summed E-state index contributed by atoms with van der Waals surface area (Å²) in [6.45, 7) is 6.11. The van der Waals surface area contributed by atoms with Gasteiger partial charge in [-0.2, -0.15) is 0 Å². The van der Waals surface area contributed by atoms with Gasteiger partial charge in [0.15, 0.2) is 0 Å². The number of benzene rings is 2. The van der Waals surface area contributed by atoms with Crippen LogP contribution in [0, 0.1) is 6.92 Å². The minimum absolute atomic E-state index is 0.0674. The third kappa shape index (κ3) is 5.76. The Morgan fingerprint density at radius 3 is 2.30 bits per heavy atom. The molecule has 0 bridgehead atoms. The molecule has 2 aromatic carbocycles. The molecule has 0 unspecified atom stereocenters. The molecule has 0 fully saturated rings. The molecule has 156 valence electrons. The molecule has 0 saturated carbocycles. The van der Waals surface area contributed by atoms with Crippen LogP contribution < -0.4 is 15.4 Å². The Labute approximate surface area is 175 Å². The number of carbonyl (C=O) groups excluding carboxylic acids is 2. The van der Waals surface area contributed by atoms with E-state index in [2.05, 4.69) is 20.6 Å². The molecule has 3 rings (SSSR count). The second-order valence-corrected chi connectivity index (χ2v) is 7.22. The monoisotopic (exact) mass is 406 g/mol. The zero-order chi connectivity index (χ0) is 21.5. The first-order valence-electron chi connectivity index (χ1n) is 9.96. The molecular weight excluding hydrogens is 380 g/mol. The molecule has 7 heteroatoms. The number of hydrogen-bond donors (Lipinski definition) is 2. The number of carbonyl (C=O) groups is 2. The Morgan fingerprint density at radius 2 is 1.63 bits per heavy atom. The number of amides is 2. The van der Waals surface area contributed by atoms with Crippen molar-refractivity contribution in [1.29, 1.82) is 0 Å². The minimum atomic E-state index is -0.308. The first-order valence-corrected chi connectivity index (χ1v) is 9.96. The largest absolute Gasteiger partial charge is 0.491 e. The van der Waals surface area contributed by atoms with Crippen molar-refractivity contribution in [1.82, 2.24) is 20.6 Å². The number of nitrogens with zero attached hydrogens (tertiary/aromatic N) is 2. The van der Waals surface area contributed by atoms with Crippen LogP contribution in [0.5, 0.6) is 5.75 Å². The topological polar surface area (TPSA) is 93.2 Å². The summed E-state index contributed by atoms with van der Waals surface area (Å²) in [7, 11) is 0. The van der Waals surface area contributed by atoms with Crippen LogP contribution in [0.2, 0.25) is 0 Å². The fourth-order valence-electron chi connectivity index (χ4n) is 2.96. The van der Waals surface area contributed by atoms with Crippen molar-refractivity contribution in [3.8, 4) is 5.75 Å². The molecular formula is C23H26N4O3. The van der Waals surface area contributed by atoms with Gasteiger partial charge >= 0.3 is 0 Å². The number of hydrogen-bond acceptors (Lipinski definition) is 5. The lowest BCUT2D eigenvalue weighted by Crippen LogP contribution is -2.37. The zero-order valence-electron chi connectivity index (χ0n) is 17.4. The standard InChI is InChI=1S/C23H26N4O3/c1-15(2)30-18-10-8-17(9-11-18)23(29)25-14-22(28)24-13-12-19-16(3)26-20-6-4-5-7-21(20)27-19/h4-11,15H,12-14H2,1-3H3,(H,24,28)(H,25,29). The van der Waals surface area contributed by atoms with Crippen molar-refractivity contribution in [2.24, 2.45) is 0 Å². The van der Waals surface area contributed by atoms with Crippen LogP contribution >= 0.6 is 0 Å². The van der Waals surface area contributed by atoms with Crippen molar-refractivity contribution < 1.29 is 14.3 Å². The van der Waals surface area contributed by atoms with Crippen molar-refractivity contribution in [2.45, 2.75) is 33.3 Å². The van der Waals surface area contributed by atoms with Crippen molar-refractivity contribution in [3.05, 3.63) is 65.5 Å². The van der Waals surface area contributed by atoms with E-state index in [1.54, 1.807) is 24.3 Å². The van der Waals surface area contributed by atoms with Crippen LogP contribution in [-0.4, -0.2) is 41.0 Å². The Morgan fingerprint density at radius 1 is 0.967 bits per heavy atom. The zero-order valence-corrected chi connectivity index (χ0v) is 17.4. The summed E-state index contributed by atoms with van der Waals surface area (Å²) in [6.07, 6.45) is 0.637. The van der Waals surface area contributed by atoms with Crippen molar-refractivity contribution in [2.75, 3.05) is 13.1 Å². The quantitative estimate of drug-likeness (QED) is 0.600. The van der Waals surface area contributed by atoms with Gasteiger partial charge in [-0.15, -0.1) is 0 Å². The van der Waals surface area contributed by atoms with Crippen LogP contribution in [-0.2, 0) is 11.2 Å². The fraction of sp³-hybridized carbons (Fsp3) is 0.304. The van der Waals surface area contributed by atoms with Gasteiger partial charge in [-0.3, -0.25) is 9.59 Å². The molecule has 30 heavy (non-hydrogen) atoms. The van der Waals surface area contributed by atoms with Crippen molar-refractivity contribution in [3.63, 3.8) is 0 Å². The summed E-state index contributed by atoms with van der Waals surface area (Å²) in [4.78, 5) is 33.4. The number of aromatic nitrogens is 2. The molecule has 2 N–H and O–H groups in total. The van der Waals surface area contributed by atoms with Gasteiger partial charge in [0, 0.05) is 18.5 Å². The maximum absolute atomic E-state index is 12.2. The summed E-state index contributed by atoms with van der Waals surface area (Å²) in [5, 5.41) is 5.43. The smallest absolute Gasteiger partial charge is 0.251 e. The highest BCUT2D eigenvalue weighted by Crippen LogP contribution is 2.14. The molecule has 0 saturated heterocycles. The Bertz CT molecular complexity index is 1030. The van der Waals surface area contributed by atoms with E-state index in [4.69, 9.17) is 4.74 Å². The number of para-hydroxylation sites is 2. The fourth-order valence-corrected chi connectivity index (χ4v) is 2.96. The summed E-state index contributed by atoms with van der Waals surface area (Å²) >= 11 is 0. The summed E-state index contributed by atoms with van der Waals surface area (Å²) < 4.78 is 5.55. The molecule has 0 radical (unpaired) electrons. The van der Waals surface area contributed by atoms with E-state index in [1.807, 2.05) is 45.0 Å². The Balaban J connectivity index is 1.45. The van der Waals surface area contributed by atoms with E-state index in [0.717, 1.165) is 22.4 Å². The third-order valence-electron chi connectivity index (χ3n) is 4.42. The first kappa shape index (κ1) is 21.2. The molecule has 1 aromatic heterocycles. The van der Waals surface area contributed by atoms with Crippen LogP contribution in [0.4, 0.5) is 0 Å². The average Bonchev–Trinajstić information content (AvgIpc) is 2.72. The molecule has 7 nitrogen and oxygen atoms in total. The van der Waals surface area contributed by atoms with Gasteiger partial charge in [-0.1, -0.05) is 12.1 Å².